The Morgan fingerprint density at radius 3 is 1.40 bits per heavy atom. The lowest BCUT2D eigenvalue weighted by molar-refractivity contribution is -0.150. The molecule has 4 N–H and O–H groups in total. The number of ether oxygens (including phenoxy) is 2. The quantitative estimate of drug-likeness (QED) is 0.0563. The summed E-state index contributed by atoms with van der Waals surface area (Å²) in [5.41, 5.74) is 0.786. The van der Waals surface area contributed by atoms with Crippen LogP contribution in [0.3, 0.4) is 0 Å². The molecule has 3 fully saturated rings. The van der Waals surface area contributed by atoms with Crippen molar-refractivity contribution >= 4 is 18.0 Å². The summed E-state index contributed by atoms with van der Waals surface area (Å²) in [6.07, 6.45) is 18.5. The molecule has 0 aromatic rings. The molecule has 0 spiro atoms. The molecule has 72 heavy (non-hydrogen) atoms. The molecule has 3 aliphatic rings. The van der Waals surface area contributed by atoms with Gasteiger partial charge in [0.1, 0.15) is 18.2 Å². The summed E-state index contributed by atoms with van der Waals surface area (Å²) < 4.78 is 11.2. The van der Waals surface area contributed by atoms with E-state index in [0.717, 1.165) is 82.8 Å². The first kappa shape index (κ1) is 74.6. The van der Waals surface area contributed by atoms with Gasteiger partial charge in [0.25, 0.3) is 0 Å². The van der Waals surface area contributed by atoms with Gasteiger partial charge in [-0.2, -0.15) is 0 Å². The molecule has 0 aromatic carbocycles. The van der Waals surface area contributed by atoms with Gasteiger partial charge in [-0.3, -0.25) is 9.59 Å². The molecule has 1 aliphatic carbocycles. The van der Waals surface area contributed by atoms with Crippen molar-refractivity contribution < 1.29 is 44.3 Å². The van der Waals surface area contributed by atoms with Crippen LogP contribution in [0.1, 0.15) is 256 Å². The Kier molecular flexibility index (Phi) is 42.0. The van der Waals surface area contributed by atoms with Gasteiger partial charge in [-0.25, -0.2) is 0 Å². The summed E-state index contributed by atoms with van der Waals surface area (Å²) in [6, 6.07) is 0. The molecule has 2 aliphatic heterocycles. The maximum absolute atomic E-state index is 11.4. The van der Waals surface area contributed by atoms with E-state index in [-0.39, 0.29) is 36.3 Å². The highest BCUT2D eigenvalue weighted by Crippen LogP contribution is 2.31. The van der Waals surface area contributed by atoms with Gasteiger partial charge in [0.2, 0.25) is 0 Å². The van der Waals surface area contributed by atoms with Crippen molar-refractivity contribution in [3.05, 3.63) is 11.6 Å². The first-order valence-corrected chi connectivity index (χ1v) is 29.3. The fourth-order valence-corrected chi connectivity index (χ4v) is 9.14. The minimum absolute atomic E-state index is 0.0151. The monoisotopic (exact) mass is 1020 g/mol. The first-order valence-electron chi connectivity index (χ1n) is 29.3. The summed E-state index contributed by atoms with van der Waals surface area (Å²) in [6.45, 7) is 48.1. The lowest BCUT2D eigenvalue weighted by atomic mass is 9.77. The third kappa shape index (κ3) is 40.6. The van der Waals surface area contributed by atoms with Crippen LogP contribution in [0.15, 0.2) is 11.6 Å². The van der Waals surface area contributed by atoms with Gasteiger partial charge in [-0.15, -0.1) is 0 Å². The van der Waals surface area contributed by atoms with E-state index in [0.29, 0.717) is 89.5 Å². The van der Waals surface area contributed by atoms with Gasteiger partial charge in [-0.05, 0) is 183 Å². The maximum atomic E-state index is 11.4. The van der Waals surface area contributed by atoms with Crippen molar-refractivity contribution in [2.45, 2.75) is 298 Å². The molecule has 0 amide bonds. The molecule has 9 heteroatoms. The van der Waals surface area contributed by atoms with E-state index >= 15 is 0 Å². The van der Waals surface area contributed by atoms with Crippen LogP contribution in [0.2, 0.25) is 0 Å². The van der Waals surface area contributed by atoms with Crippen molar-refractivity contribution in [1.29, 1.82) is 0 Å². The number of Topliss-reactive ketones (excluding diaryl/α,β-unsaturated/α-hetero) is 1. The number of aliphatic hydroxyl groups excluding tert-OH is 3. The summed E-state index contributed by atoms with van der Waals surface area (Å²) in [5.74, 6) is 6.62. The number of ketones is 1. The number of hydrogen-bond acceptors (Lipinski definition) is 9. The van der Waals surface area contributed by atoms with Crippen LogP contribution in [0, 0.1) is 76.9 Å². The summed E-state index contributed by atoms with van der Waals surface area (Å²) in [7, 11) is 0. The predicted octanol–water partition coefficient (Wildman–Crippen LogP) is 15.5. The Labute approximate surface area is 447 Å². The van der Waals surface area contributed by atoms with Crippen LogP contribution >= 0.6 is 0 Å². The normalized spacial score (nSPS) is 25.0. The van der Waals surface area contributed by atoms with Crippen LogP contribution in [-0.4, -0.2) is 80.7 Å². The Morgan fingerprint density at radius 2 is 1.01 bits per heavy atom. The molecule has 3 rings (SSSR count). The number of allylic oxidation sites excluding steroid dienone is 2. The lowest BCUT2D eigenvalue weighted by Gasteiger charge is -2.34. The van der Waals surface area contributed by atoms with E-state index in [9.17, 15) is 34.8 Å². The Bertz CT molecular complexity index is 1380. The highest BCUT2D eigenvalue weighted by Gasteiger charge is 2.29. The zero-order chi connectivity index (χ0) is 56.6. The molecule has 2 saturated heterocycles. The van der Waals surface area contributed by atoms with Gasteiger partial charge in [-0.1, -0.05) is 136 Å². The second-order valence-corrected chi connectivity index (χ2v) is 26.2. The van der Waals surface area contributed by atoms with E-state index in [1.807, 2.05) is 48.5 Å². The fourth-order valence-electron chi connectivity index (χ4n) is 9.14. The number of aldehydes is 1. The maximum Gasteiger partial charge on any atom is 0.306 e. The average molecular weight is 1030 g/mol. The van der Waals surface area contributed by atoms with Crippen molar-refractivity contribution in [2.75, 3.05) is 0 Å². The molecule has 1 saturated carbocycles. The van der Waals surface area contributed by atoms with Crippen LogP contribution in [0.5, 0.6) is 0 Å². The smallest absolute Gasteiger partial charge is 0.306 e. The first-order chi connectivity index (χ1) is 33.0. The number of rotatable bonds is 19. The van der Waals surface area contributed by atoms with Crippen LogP contribution in [0.25, 0.3) is 0 Å². The Hall–Kier alpha value is -1.65. The molecule has 13 unspecified atom stereocenters. The van der Waals surface area contributed by atoms with Gasteiger partial charge < -0.3 is 34.7 Å². The zero-order valence-electron chi connectivity index (χ0n) is 51.6. The van der Waals surface area contributed by atoms with Crippen LogP contribution in [-0.2, 0) is 23.9 Å². The van der Waals surface area contributed by atoms with Crippen molar-refractivity contribution in [3.63, 3.8) is 0 Å². The summed E-state index contributed by atoms with van der Waals surface area (Å²) in [5, 5.41) is 38.2. The largest absolute Gasteiger partial charge is 0.462 e. The van der Waals surface area contributed by atoms with E-state index in [4.69, 9.17) is 9.47 Å². The van der Waals surface area contributed by atoms with Crippen molar-refractivity contribution in [2.24, 2.45) is 76.9 Å². The number of carbonyl (C=O) groups excluding carboxylic acids is 3. The molecule has 2 heterocycles. The molecule has 430 valence electrons. The lowest BCUT2D eigenvalue weighted by Crippen LogP contribution is -2.34. The third-order valence-electron chi connectivity index (χ3n) is 14.9. The molecule has 13 atom stereocenters. The van der Waals surface area contributed by atoms with Gasteiger partial charge in [0.15, 0.2) is 0 Å². The van der Waals surface area contributed by atoms with Gasteiger partial charge in [0.05, 0.1) is 36.1 Å². The fraction of sp³-hybridized carbons (Fsp3) is 0.921. The van der Waals surface area contributed by atoms with Crippen molar-refractivity contribution in [1.82, 2.24) is 0 Å². The Morgan fingerprint density at radius 1 is 0.583 bits per heavy atom. The number of esters is 1. The van der Waals surface area contributed by atoms with E-state index in [2.05, 4.69) is 117 Å². The van der Waals surface area contributed by atoms with E-state index in [1.165, 1.54) is 24.8 Å². The predicted molar refractivity (Wildman–Crippen MR) is 306 cm³/mol. The summed E-state index contributed by atoms with van der Waals surface area (Å²) >= 11 is 0. The standard InChI is InChI=1S/C12H26O2.C12H24O.C10H18O2.C10H20O.C10H18O.C9H18O2/c1-9(2)11(13)7-6-10(3)8-12(4,5)14;1-9(2)8-11(5)6-7-12(13)10(3)4;1-7(2)9-5-4-8(3)6-10(11)12-9;1-7(2)10-6-5-8(3)9(4)11-10;1-7(2)9-5-4-8(3)6-10(9)11;1-7(2)9(11)5-4-8(3)6-10/h9-11,13-14H,6-8H2,1-5H3;8,10-13H,6-7H2,1-5H3;7-9H,4-6H2,1-3H3;7-10H,5-6H2,1-4H3;7-9H,4-6H2,1-3H3;6-9,11H,4-5H2,1-3H3. The second-order valence-electron chi connectivity index (χ2n) is 26.2. The average Bonchev–Trinajstić information content (AvgIpc) is 3.43. The number of cyclic esters (lactones) is 1. The molecule has 0 radical (unpaired) electrons. The third-order valence-corrected chi connectivity index (χ3v) is 14.9. The zero-order valence-corrected chi connectivity index (χ0v) is 51.6. The van der Waals surface area contributed by atoms with Crippen LogP contribution < -0.4 is 0 Å². The van der Waals surface area contributed by atoms with Gasteiger partial charge >= 0.3 is 5.97 Å². The topological polar surface area (TPSA) is 151 Å². The molecular formula is C63H124O9. The van der Waals surface area contributed by atoms with E-state index in [1.54, 1.807) is 0 Å². The SMILES string of the molecule is CC(C)=CC(C)CCC(O)C(C)C.CC(C)C1CCC(C)C(C)O1.CC(C=O)CCC(O)C(C)C.CC(CCC(O)C(C)C)CC(C)(C)O.CC1CCC(C(C)C)C(=O)C1.CC1CCC(C(C)C)OC(=O)C1. The minimum atomic E-state index is -0.581. The highest BCUT2D eigenvalue weighted by atomic mass is 16.5. The minimum Gasteiger partial charge on any atom is -0.462 e. The molecule has 9 nitrogen and oxygen atoms in total. The Balaban J connectivity index is -0.000000795. The number of carbonyl (C=O) groups is 3. The van der Waals surface area contributed by atoms with Gasteiger partial charge in [0, 0.05) is 24.7 Å². The second kappa shape index (κ2) is 40.6. The molecular weight excluding hydrogens is 901 g/mol. The highest BCUT2D eigenvalue weighted by molar-refractivity contribution is 5.82. The number of hydrogen-bond donors (Lipinski definition) is 4. The van der Waals surface area contributed by atoms with Crippen molar-refractivity contribution in [3.8, 4) is 0 Å². The summed E-state index contributed by atoms with van der Waals surface area (Å²) in [4.78, 5) is 32.8. The molecule has 0 bridgehead atoms. The number of aliphatic hydroxyl groups is 4. The van der Waals surface area contributed by atoms with E-state index < -0.39 is 5.60 Å². The molecule has 0 aromatic heterocycles. The van der Waals surface area contributed by atoms with Crippen LogP contribution in [0.4, 0.5) is 0 Å².